The standard InChI is InChI=1S/C21H22N2O3S/c1-22(2)20-15-14-18(16-21(20)26-3)23(17-10-6-4-7-11-17)27(24,25)19-12-8-5-9-13-19/h4-16H,1-3H3. The Morgan fingerprint density at radius 3 is 1.93 bits per heavy atom. The van der Waals surface area contributed by atoms with Gasteiger partial charge < -0.3 is 9.64 Å². The molecule has 0 aliphatic rings. The van der Waals surface area contributed by atoms with Crippen molar-refractivity contribution in [2.24, 2.45) is 0 Å². The van der Waals surface area contributed by atoms with Crippen LogP contribution in [-0.4, -0.2) is 29.6 Å². The minimum atomic E-state index is -3.80. The summed E-state index contributed by atoms with van der Waals surface area (Å²) < 4.78 is 33.7. The summed E-state index contributed by atoms with van der Waals surface area (Å²) in [6, 6.07) is 22.8. The number of para-hydroxylation sites is 1. The van der Waals surface area contributed by atoms with E-state index in [1.807, 2.05) is 43.3 Å². The molecule has 0 unspecified atom stereocenters. The molecule has 3 rings (SSSR count). The van der Waals surface area contributed by atoms with Crippen molar-refractivity contribution >= 4 is 27.1 Å². The number of nitrogens with zero attached hydrogens (tertiary/aromatic N) is 2. The molecule has 0 amide bonds. The van der Waals surface area contributed by atoms with Gasteiger partial charge in [0.05, 0.1) is 29.1 Å². The molecule has 5 nitrogen and oxygen atoms in total. The Hall–Kier alpha value is -2.99. The van der Waals surface area contributed by atoms with E-state index in [4.69, 9.17) is 4.74 Å². The van der Waals surface area contributed by atoms with E-state index >= 15 is 0 Å². The van der Waals surface area contributed by atoms with Gasteiger partial charge in [0.1, 0.15) is 5.75 Å². The van der Waals surface area contributed by atoms with Gasteiger partial charge in [-0.15, -0.1) is 0 Å². The summed E-state index contributed by atoms with van der Waals surface area (Å²) in [6.45, 7) is 0. The second-order valence-electron chi connectivity index (χ2n) is 6.17. The first-order chi connectivity index (χ1) is 12.9. The summed E-state index contributed by atoms with van der Waals surface area (Å²) in [4.78, 5) is 2.14. The lowest BCUT2D eigenvalue weighted by atomic mass is 10.2. The normalized spacial score (nSPS) is 11.1. The first-order valence-corrected chi connectivity index (χ1v) is 9.90. The Kier molecular flexibility index (Phi) is 5.37. The highest BCUT2D eigenvalue weighted by molar-refractivity contribution is 7.93. The highest BCUT2D eigenvalue weighted by Gasteiger charge is 2.27. The van der Waals surface area contributed by atoms with Crippen LogP contribution in [0.1, 0.15) is 0 Å². The van der Waals surface area contributed by atoms with Crippen LogP contribution >= 0.6 is 0 Å². The first kappa shape index (κ1) is 18.8. The molecule has 6 heteroatoms. The summed E-state index contributed by atoms with van der Waals surface area (Å²) in [5.41, 5.74) is 1.93. The zero-order valence-corrected chi connectivity index (χ0v) is 16.3. The minimum absolute atomic E-state index is 0.226. The van der Waals surface area contributed by atoms with Crippen LogP contribution in [0.25, 0.3) is 0 Å². The van der Waals surface area contributed by atoms with Crippen molar-refractivity contribution < 1.29 is 13.2 Å². The Balaban J connectivity index is 2.21. The third kappa shape index (κ3) is 3.75. The molecule has 0 aliphatic heterocycles. The molecule has 0 fully saturated rings. The van der Waals surface area contributed by atoms with Gasteiger partial charge in [-0.05, 0) is 36.4 Å². The lowest BCUT2D eigenvalue weighted by Crippen LogP contribution is -2.26. The van der Waals surface area contributed by atoms with Crippen LogP contribution in [0.3, 0.4) is 0 Å². The highest BCUT2D eigenvalue weighted by atomic mass is 32.2. The van der Waals surface area contributed by atoms with E-state index in [0.29, 0.717) is 17.1 Å². The first-order valence-electron chi connectivity index (χ1n) is 8.46. The fourth-order valence-electron chi connectivity index (χ4n) is 2.85. The molecule has 0 bridgehead atoms. The van der Waals surface area contributed by atoms with Crippen molar-refractivity contribution in [3.8, 4) is 5.75 Å². The van der Waals surface area contributed by atoms with Crippen molar-refractivity contribution in [1.29, 1.82) is 0 Å². The number of anilines is 3. The van der Waals surface area contributed by atoms with Crippen LogP contribution in [0.2, 0.25) is 0 Å². The Bertz CT molecular complexity index is 1000. The van der Waals surface area contributed by atoms with Crippen molar-refractivity contribution in [3.63, 3.8) is 0 Å². The molecule has 3 aromatic rings. The zero-order chi connectivity index (χ0) is 19.4. The summed E-state index contributed by atoms with van der Waals surface area (Å²) in [5, 5.41) is 0. The molecule has 0 N–H and O–H groups in total. The SMILES string of the molecule is COc1cc(N(c2ccccc2)S(=O)(=O)c2ccccc2)ccc1N(C)C. The Labute approximate surface area is 160 Å². The van der Waals surface area contributed by atoms with Crippen molar-refractivity contribution in [2.45, 2.75) is 4.90 Å². The van der Waals surface area contributed by atoms with E-state index in [0.717, 1.165) is 5.69 Å². The summed E-state index contributed by atoms with van der Waals surface area (Å²) in [5.74, 6) is 0.599. The van der Waals surface area contributed by atoms with Gasteiger partial charge in [0, 0.05) is 20.2 Å². The number of hydrogen-bond acceptors (Lipinski definition) is 4. The topological polar surface area (TPSA) is 49.9 Å². The summed E-state index contributed by atoms with van der Waals surface area (Å²) >= 11 is 0. The van der Waals surface area contributed by atoms with Crippen molar-refractivity contribution in [2.75, 3.05) is 30.4 Å². The largest absolute Gasteiger partial charge is 0.495 e. The molecule has 0 saturated carbocycles. The highest BCUT2D eigenvalue weighted by Crippen LogP contribution is 2.37. The number of ether oxygens (including phenoxy) is 1. The van der Waals surface area contributed by atoms with Crippen LogP contribution in [0, 0.1) is 0 Å². The smallest absolute Gasteiger partial charge is 0.268 e. The molecule has 3 aromatic carbocycles. The van der Waals surface area contributed by atoms with Gasteiger partial charge >= 0.3 is 0 Å². The average molecular weight is 382 g/mol. The number of benzene rings is 3. The second-order valence-corrected chi connectivity index (χ2v) is 7.96. The van der Waals surface area contributed by atoms with E-state index in [2.05, 4.69) is 0 Å². The van der Waals surface area contributed by atoms with E-state index in [-0.39, 0.29) is 4.90 Å². The van der Waals surface area contributed by atoms with Gasteiger partial charge in [0.2, 0.25) is 0 Å². The van der Waals surface area contributed by atoms with Crippen LogP contribution in [-0.2, 0) is 10.0 Å². The maximum absolute atomic E-state index is 13.4. The van der Waals surface area contributed by atoms with Gasteiger partial charge in [0.25, 0.3) is 10.0 Å². The Morgan fingerprint density at radius 2 is 1.37 bits per heavy atom. The van der Waals surface area contributed by atoms with Crippen LogP contribution in [0.5, 0.6) is 5.75 Å². The Morgan fingerprint density at radius 1 is 0.778 bits per heavy atom. The molecule has 0 aliphatic carbocycles. The predicted octanol–water partition coefficient (Wildman–Crippen LogP) is 4.29. The molecule has 0 spiro atoms. The molecule has 0 saturated heterocycles. The quantitative estimate of drug-likeness (QED) is 0.638. The number of methoxy groups -OCH3 is 1. The number of sulfonamides is 1. The molecule has 0 heterocycles. The predicted molar refractivity (Wildman–Crippen MR) is 110 cm³/mol. The fraction of sp³-hybridized carbons (Fsp3) is 0.143. The molecule has 27 heavy (non-hydrogen) atoms. The van der Waals surface area contributed by atoms with E-state index < -0.39 is 10.0 Å². The molecule has 0 atom stereocenters. The average Bonchev–Trinajstić information content (AvgIpc) is 2.69. The molecule has 0 radical (unpaired) electrons. The van der Waals surface area contributed by atoms with Crippen LogP contribution < -0.4 is 13.9 Å². The number of hydrogen-bond donors (Lipinski definition) is 0. The van der Waals surface area contributed by atoms with Crippen LogP contribution in [0.15, 0.2) is 83.8 Å². The minimum Gasteiger partial charge on any atom is -0.495 e. The van der Waals surface area contributed by atoms with E-state index in [1.165, 1.54) is 4.31 Å². The molecule has 0 aromatic heterocycles. The van der Waals surface area contributed by atoms with Crippen molar-refractivity contribution in [3.05, 3.63) is 78.9 Å². The van der Waals surface area contributed by atoms with Crippen molar-refractivity contribution in [1.82, 2.24) is 0 Å². The van der Waals surface area contributed by atoms with Gasteiger partial charge in [-0.2, -0.15) is 0 Å². The third-order valence-corrected chi connectivity index (χ3v) is 5.92. The third-order valence-electron chi connectivity index (χ3n) is 4.15. The van der Waals surface area contributed by atoms with E-state index in [1.54, 1.807) is 61.7 Å². The van der Waals surface area contributed by atoms with E-state index in [9.17, 15) is 8.42 Å². The molecular weight excluding hydrogens is 360 g/mol. The fourth-order valence-corrected chi connectivity index (χ4v) is 4.35. The van der Waals surface area contributed by atoms with Gasteiger partial charge in [0.15, 0.2) is 0 Å². The zero-order valence-electron chi connectivity index (χ0n) is 15.5. The summed E-state index contributed by atoms with van der Waals surface area (Å²) in [6.07, 6.45) is 0. The number of rotatable bonds is 6. The lowest BCUT2D eigenvalue weighted by Gasteiger charge is -2.26. The monoisotopic (exact) mass is 382 g/mol. The maximum atomic E-state index is 13.4. The van der Waals surface area contributed by atoms with Crippen LogP contribution in [0.4, 0.5) is 17.1 Å². The maximum Gasteiger partial charge on any atom is 0.268 e. The summed E-state index contributed by atoms with van der Waals surface area (Å²) in [7, 11) is 1.59. The second kappa shape index (κ2) is 7.72. The van der Waals surface area contributed by atoms with Gasteiger partial charge in [-0.1, -0.05) is 36.4 Å². The molecule has 140 valence electrons. The van der Waals surface area contributed by atoms with Gasteiger partial charge in [-0.3, -0.25) is 0 Å². The van der Waals surface area contributed by atoms with Gasteiger partial charge in [-0.25, -0.2) is 12.7 Å². The lowest BCUT2D eigenvalue weighted by molar-refractivity contribution is 0.415. The molecular formula is C21H22N2O3S.